The van der Waals surface area contributed by atoms with Gasteiger partial charge in [-0.1, -0.05) is 24.3 Å². The molecule has 3 aromatic rings. The van der Waals surface area contributed by atoms with Gasteiger partial charge < -0.3 is 14.4 Å². The number of hydrogen-bond acceptors (Lipinski definition) is 4. The topological polar surface area (TPSA) is 51.7 Å². The van der Waals surface area contributed by atoms with Crippen molar-refractivity contribution in [3.63, 3.8) is 0 Å². The summed E-state index contributed by atoms with van der Waals surface area (Å²) in [5.74, 6) is -0.0353. The molecule has 0 saturated carbocycles. The van der Waals surface area contributed by atoms with Crippen molar-refractivity contribution in [2.75, 3.05) is 19.7 Å². The molecule has 0 spiro atoms. The van der Waals surface area contributed by atoms with Crippen molar-refractivity contribution in [2.24, 2.45) is 0 Å². The summed E-state index contributed by atoms with van der Waals surface area (Å²) >= 11 is 0. The largest absolute Gasteiger partial charge is 0.487 e. The van der Waals surface area contributed by atoms with Crippen molar-refractivity contribution in [3.8, 4) is 16.9 Å². The Labute approximate surface area is 187 Å². The first-order valence-corrected chi connectivity index (χ1v) is 11.3. The van der Waals surface area contributed by atoms with E-state index in [1.165, 1.54) is 6.07 Å². The number of carbonyl (C=O) groups excluding carboxylic acids is 1. The van der Waals surface area contributed by atoms with E-state index in [1.54, 1.807) is 12.3 Å². The third-order valence-corrected chi connectivity index (χ3v) is 6.52. The number of hydrogen-bond donors (Lipinski definition) is 0. The third kappa shape index (κ3) is 4.07. The molecular formula is C26H27FN2O3. The zero-order valence-corrected chi connectivity index (χ0v) is 18.2. The van der Waals surface area contributed by atoms with Crippen LogP contribution in [0.15, 0.2) is 48.7 Å². The maximum atomic E-state index is 14.9. The van der Waals surface area contributed by atoms with Gasteiger partial charge in [0.25, 0.3) is 5.91 Å². The Hall–Kier alpha value is -2.99. The number of nitrogens with zero attached hydrogens (tertiary/aromatic N) is 2. The average Bonchev–Trinajstić information content (AvgIpc) is 3.36. The first kappa shape index (κ1) is 20.9. The van der Waals surface area contributed by atoms with Crippen LogP contribution in [-0.4, -0.2) is 47.7 Å². The van der Waals surface area contributed by atoms with E-state index in [4.69, 9.17) is 9.47 Å². The molecule has 0 aliphatic carbocycles. The summed E-state index contributed by atoms with van der Waals surface area (Å²) in [6.07, 6.45) is 4.52. The second kappa shape index (κ2) is 8.87. The summed E-state index contributed by atoms with van der Waals surface area (Å²) in [4.78, 5) is 18.8. The maximum absolute atomic E-state index is 14.9. The van der Waals surface area contributed by atoms with E-state index in [-0.39, 0.29) is 29.7 Å². The zero-order chi connectivity index (χ0) is 22.1. The number of pyridine rings is 1. The summed E-state index contributed by atoms with van der Waals surface area (Å²) in [5.41, 5.74) is 3.72. The number of halogens is 1. The number of ether oxygens (including phenoxy) is 2. The third-order valence-electron chi connectivity index (χ3n) is 6.52. The minimum Gasteiger partial charge on any atom is -0.487 e. The molecule has 166 valence electrons. The maximum Gasteiger partial charge on any atom is 0.251 e. The predicted octanol–water partition coefficient (Wildman–Crippen LogP) is 4.90. The lowest BCUT2D eigenvalue weighted by molar-refractivity contribution is -0.142. The van der Waals surface area contributed by atoms with E-state index in [9.17, 15) is 9.18 Å². The summed E-state index contributed by atoms with van der Waals surface area (Å²) in [6.45, 7) is 3.91. The van der Waals surface area contributed by atoms with Crippen LogP contribution < -0.4 is 4.74 Å². The fourth-order valence-electron chi connectivity index (χ4n) is 4.72. The number of aromatic nitrogens is 1. The smallest absolute Gasteiger partial charge is 0.251 e. The molecule has 5 nitrogen and oxygen atoms in total. The molecule has 2 saturated heterocycles. The molecule has 1 amide bonds. The van der Waals surface area contributed by atoms with Gasteiger partial charge in [-0.3, -0.25) is 9.78 Å². The van der Waals surface area contributed by atoms with Crippen LogP contribution in [0.3, 0.4) is 0 Å². The average molecular weight is 435 g/mol. The zero-order valence-electron chi connectivity index (χ0n) is 18.2. The van der Waals surface area contributed by atoms with E-state index in [0.717, 1.165) is 40.4 Å². The Balaban J connectivity index is 1.26. The molecule has 0 bridgehead atoms. The number of carbonyl (C=O) groups is 1. The highest BCUT2D eigenvalue weighted by molar-refractivity contribution is 5.88. The molecule has 2 fully saturated rings. The van der Waals surface area contributed by atoms with Crippen LogP contribution in [-0.2, 0) is 9.53 Å². The number of likely N-dealkylation sites (tertiary alicyclic amines) is 1. The van der Waals surface area contributed by atoms with Crippen LogP contribution in [0.2, 0.25) is 0 Å². The predicted molar refractivity (Wildman–Crippen MR) is 121 cm³/mol. The fraction of sp³-hybridized carbons (Fsp3) is 0.385. The number of fused-ring (bicyclic) bond motifs is 1. The molecule has 2 aliphatic heterocycles. The molecular weight excluding hydrogens is 407 g/mol. The van der Waals surface area contributed by atoms with Crippen LogP contribution in [0.1, 0.15) is 31.2 Å². The number of benzene rings is 2. The number of aryl methyl sites for hydroxylation is 1. The van der Waals surface area contributed by atoms with Crippen LogP contribution in [0.5, 0.6) is 5.75 Å². The van der Waals surface area contributed by atoms with E-state index in [2.05, 4.69) is 4.98 Å². The van der Waals surface area contributed by atoms with Gasteiger partial charge >= 0.3 is 0 Å². The molecule has 0 N–H and O–H groups in total. The Morgan fingerprint density at radius 2 is 2.00 bits per heavy atom. The Morgan fingerprint density at radius 1 is 1.16 bits per heavy atom. The standard InChI is InChI=1S/C26H27FN2O3/c1-17-21(8-6-18-4-2-12-28-25(17)18)19-7-9-23(22(27)16-19)32-20-10-13-29(14-11-20)26(30)24-5-3-15-31-24/h2,4,6-9,12,16,20,24H,3,5,10-11,13-15H2,1H3/t24-/m1/s1. The van der Waals surface area contributed by atoms with Gasteiger partial charge in [-0.2, -0.15) is 0 Å². The summed E-state index contributed by atoms with van der Waals surface area (Å²) < 4.78 is 26.4. The molecule has 32 heavy (non-hydrogen) atoms. The number of amides is 1. The van der Waals surface area contributed by atoms with E-state index in [1.807, 2.05) is 42.2 Å². The van der Waals surface area contributed by atoms with Crippen LogP contribution in [0, 0.1) is 12.7 Å². The van der Waals surface area contributed by atoms with E-state index in [0.29, 0.717) is 32.5 Å². The highest BCUT2D eigenvalue weighted by atomic mass is 19.1. The Kier molecular flexibility index (Phi) is 5.79. The fourth-order valence-corrected chi connectivity index (χ4v) is 4.72. The molecule has 5 rings (SSSR count). The highest BCUT2D eigenvalue weighted by Crippen LogP contribution is 2.32. The summed E-state index contributed by atoms with van der Waals surface area (Å²) in [6, 6.07) is 13.1. The normalized spacial score (nSPS) is 19.4. The van der Waals surface area contributed by atoms with Crippen molar-refractivity contribution in [1.82, 2.24) is 9.88 Å². The Bertz CT molecular complexity index is 1140. The van der Waals surface area contributed by atoms with Crippen molar-refractivity contribution in [2.45, 2.75) is 44.8 Å². The van der Waals surface area contributed by atoms with Gasteiger partial charge in [-0.25, -0.2) is 4.39 Å². The lowest BCUT2D eigenvalue weighted by atomic mass is 9.97. The molecule has 3 heterocycles. The van der Waals surface area contributed by atoms with Gasteiger partial charge in [0, 0.05) is 44.1 Å². The van der Waals surface area contributed by atoms with Crippen molar-refractivity contribution in [3.05, 3.63) is 60.0 Å². The number of rotatable bonds is 4. The Morgan fingerprint density at radius 3 is 2.75 bits per heavy atom. The van der Waals surface area contributed by atoms with Gasteiger partial charge in [0.15, 0.2) is 11.6 Å². The van der Waals surface area contributed by atoms with E-state index >= 15 is 0 Å². The van der Waals surface area contributed by atoms with Gasteiger partial charge in [-0.15, -0.1) is 0 Å². The quantitative estimate of drug-likeness (QED) is 0.586. The lowest BCUT2D eigenvalue weighted by Gasteiger charge is -2.33. The minimum atomic E-state index is -0.374. The van der Waals surface area contributed by atoms with Crippen molar-refractivity contribution >= 4 is 16.8 Å². The molecule has 1 atom stereocenters. The van der Waals surface area contributed by atoms with Crippen LogP contribution in [0.25, 0.3) is 22.0 Å². The second-order valence-electron chi connectivity index (χ2n) is 8.60. The van der Waals surface area contributed by atoms with Crippen molar-refractivity contribution in [1.29, 1.82) is 0 Å². The van der Waals surface area contributed by atoms with Crippen LogP contribution >= 0.6 is 0 Å². The first-order valence-electron chi connectivity index (χ1n) is 11.3. The highest BCUT2D eigenvalue weighted by Gasteiger charge is 2.31. The van der Waals surface area contributed by atoms with E-state index < -0.39 is 0 Å². The van der Waals surface area contributed by atoms with Gasteiger partial charge in [0.2, 0.25) is 0 Å². The molecule has 6 heteroatoms. The first-order chi connectivity index (χ1) is 15.6. The van der Waals surface area contributed by atoms with Crippen molar-refractivity contribution < 1.29 is 18.7 Å². The van der Waals surface area contributed by atoms with Crippen LogP contribution in [0.4, 0.5) is 4.39 Å². The second-order valence-corrected chi connectivity index (χ2v) is 8.60. The number of piperidine rings is 1. The molecule has 1 aromatic heterocycles. The molecule has 0 radical (unpaired) electrons. The van der Waals surface area contributed by atoms with Gasteiger partial charge in [0.05, 0.1) is 5.52 Å². The summed E-state index contributed by atoms with van der Waals surface area (Å²) in [7, 11) is 0. The minimum absolute atomic E-state index is 0.0803. The van der Waals surface area contributed by atoms with Gasteiger partial charge in [0.1, 0.15) is 12.2 Å². The van der Waals surface area contributed by atoms with Gasteiger partial charge in [-0.05, 0) is 54.7 Å². The molecule has 2 aromatic carbocycles. The summed E-state index contributed by atoms with van der Waals surface area (Å²) in [5, 5.41) is 1.07. The SMILES string of the molecule is Cc1c(-c2ccc(OC3CCN(C(=O)[C@H]4CCCO4)CC3)c(F)c2)ccc2cccnc12. The lowest BCUT2D eigenvalue weighted by Crippen LogP contribution is -2.45. The monoisotopic (exact) mass is 434 g/mol. The molecule has 0 unspecified atom stereocenters. The molecule has 2 aliphatic rings.